The number of H-pyrrole nitrogens is 1. The Labute approximate surface area is 99.1 Å². The first-order valence-corrected chi connectivity index (χ1v) is 5.31. The number of nitrogens with one attached hydrogen (secondary N) is 1. The number of pyridine rings is 1. The van der Waals surface area contributed by atoms with Crippen molar-refractivity contribution in [2.45, 2.75) is 6.54 Å². The summed E-state index contributed by atoms with van der Waals surface area (Å²) in [6, 6.07) is 11.1. The number of hydrogen-bond acceptors (Lipinski definition) is 3. The van der Waals surface area contributed by atoms with E-state index in [-0.39, 0.29) is 12.1 Å². The largest absolute Gasteiger partial charge is 0.497 e. The second-order valence-electron chi connectivity index (χ2n) is 3.66. The van der Waals surface area contributed by atoms with E-state index >= 15 is 0 Å². The van der Waals surface area contributed by atoms with Crippen molar-refractivity contribution in [1.82, 2.24) is 4.98 Å². The van der Waals surface area contributed by atoms with Crippen LogP contribution in [-0.2, 0) is 6.54 Å². The van der Waals surface area contributed by atoms with Gasteiger partial charge in [0.25, 0.3) is 5.56 Å². The van der Waals surface area contributed by atoms with Crippen molar-refractivity contribution in [3.63, 3.8) is 0 Å². The number of aromatic nitrogens is 1. The van der Waals surface area contributed by atoms with Crippen LogP contribution in [0.1, 0.15) is 5.56 Å². The number of ether oxygens (including phenoxy) is 1. The Bertz CT molecular complexity index is 558. The predicted octanol–water partition coefficient (Wildman–Crippen LogP) is 1.51. The van der Waals surface area contributed by atoms with Gasteiger partial charge in [-0.3, -0.25) is 4.79 Å². The van der Waals surface area contributed by atoms with Crippen molar-refractivity contribution in [3.8, 4) is 17.0 Å². The molecule has 0 aliphatic carbocycles. The van der Waals surface area contributed by atoms with E-state index in [9.17, 15) is 4.79 Å². The lowest BCUT2D eigenvalue weighted by molar-refractivity contribution is 0.415. The van der Waals surface area contributed by atoms with E-state index in [1.807, 2.05) is 30.3 Å². The highest BCUT2D eigenvalue weighted by Crippen LogP contribution is 2.19. The van der Waals surface area contributed by atoms with Gasteiger partial charge in [-0.2, -0.15) is 0 Å². The predicted molar refractivity (Wildman–Crippen MR) is 66.9 cm³/mol. The van der Waals surface area contributed by atoms with Gasteiger partial charge in [0.15, 0.2) is 0 Å². The van der Waals surface area contributed by atoms with Gasteiger partial charge in [-0.1, -0.05) is 6.07 Å². The summed E-state index contributed by atoms with van der Waals surface area (Å²) in [5.74, 6) is 0.787. The van der Waals surface area contributed by atoms with Crippen molar-refractivity contribution < 1.29 is 4.74 Å². The molecular weight excluding hydrogens is 216 g/mol. The van der Waals surface area contributed by atoms with Gasteiger partial charge in [0.1, 0.15) is 5.75 Å². The molecular formula is C13H14N2O2. The topological polar surface area (TPSA) is 68.1 Å². The summed E-state index contributed by atoms with van der Waals surface area (Å²) < 4.78 is 5.08. The Balaban J connectivity index is 2.39. The highest BCUT2D eigenvalue weighted by Gasteiger charge is 2.02. The lowest BCUT2D eigenvalue weighted by atomic mass is 10.1. The van der Waals surface area contributed by atoms with Gasteiger partial charge in [-0.05, 0) is 35.9 Å². The smallest absolute Gasteiger partial charge is 0.252 e. The summed E-state index contributed by atoms with van der Waals surface area (Å²) in [6.45, 7) is 0.248. The molecule has 17 heavy (non-hydrogen) atoms. The molecule has 1 heterocycles. The van der Waals surface area contributed by atoms with Crippen LogP contribution in [0.25, 0.3) is 11.3 Å². The maximum Gasteiger partial charge on any atom is 0.252 e. The molecule has 0 amide bonds. The van der Waals surface area contributed by atoms with Crippen LogP contribution < -0.4 is 16.0 Å². The highest BCUT2D eigenvalue weighted by molar-refractivity contribution is 5.60. The lowest BCUT2D eigenvalue weighted by Gasteiger charge is -2.04. The first-order valence-electron chi connectivity index (χ1n) is 5.31. The average molecular weight is 230 g/mol. The summed E-state index contributed by atoms with van der Waals surface area (Å²) in [7, 11) is 1.62. The van der Waals surface area contributed by atoms with Gasteiger partial charge < -0.3 is 15.5 Å². The molecule has 0 fully saturated rings. The molecule has 0 unspecified atom stereocenters. The molecule has 3 N–H and O–H groups in total. The summed E-state index contributed by atoms with van der Waals surface area (Å²) in [5, 5.41) is 0. The average Bonchev–Trinajstić information content (AvgIpc) is 2.39. The van der Waals surface area contributed by atoms with Crippen LogP contribution >= 0.6 is 0 Å². The number of nitrogens with two attached hydrogens (primary N) is 1. The van der Waals surface area contributed by atoms with Gasteiger partial charge in [0, 0.05) is 17.8 Å². The Morgan fingerprint density at radius 1 is 1.18 bits per heavy atom. The molecule has 0 atom stereocenters. The zero-order valence-electron chi connectivity index (χ0n) is 9.57. The number of methoxy groups -OCH3 is 1. The molecule has 0 aliphatic heterocycles. The molecule has 4 nitrogen and oxygen atoms in total. The molecule has 4 heteroatoms. The van der Waals surface area contributed by atoms with Crippen LogP contribution in [-0.4, -0.2) is 12.1 Å². The minimum atomic E-state index is -0.138. The normalized spacial score (nSPS) is 10.2. The van der Waals surface area contributed by atoms with Crippen molar-refractivity contribution in [3.05, 3.63) is 52.3 Å². The van der Waals surface area contributed by atoms with E-state index in [4.69, 9.17) is 10.5 Å². The first kappa shape index (κ1) is 11.4. The summed E-state index contributed by atoms with van der Waals surface area (Å²) in [4.78, 5) is 14.4. The summed E-state index contributed by atoms with van der Waals surface area (Å²) in [6.07, 6.45) is 0. The molecule has 1 aromatic heterocycles. The minimum absolute atomic E-state index is 0.138. The molecule has 0 saturated carbocycles. The fraction of sp³-hybridized carbons (Fsp3) is 0.154. The monoisotopic (exact) mass is 230 g/mol. The zero-order chi connectivity index (χ0) is 12.3. The Hall–Kier alpha value is -2.07. The fourth-order valence-electron chi connectivity index (χ4n) is 1.60. The molecule has 0 spiro atoms. The third-order valence-electron chi connectivity index (χ3n) is 2.61. The summed E-state index contributed by atoms with van der Waals surface area (Å²) >= 11 is 0. The number of rotatable bonds is 3. The molecule has 0 aliphatic rings. The minimum Gasteiger partial charge on any atom is -0.497 e. The van der Waals surface area contributed by atoms with Gasteiger partial charge in [-0.25, -0.2) is 0 Å². The Kier molecular flexibility index (Phi) is 3.25. The SMILES string of the molecule is COc1ccc(-c2ccc(CN)c(=O)[nH]2)cc1. The summed E-state index contributed by atoms with van der Waals surface area (Å²) in [5.41, 5.74) is 7.60. The Morgan fingerprint density at radius 3 is 2.41 bits per heavy atom. The number of hydrogen-bond donors (Lipinski definition) is 2. The van der Waals surface area contributed by atoms with Crippen LogP contribution in [0.3, 0.4) is 0 Å². The van der Waals surface area contributed by atoms with E-state index in [1.165, 1.54) is 0 Å². The lowest BCUT2D eigenvalue weighted by Crippen LogP contribution is -2.15. The zero-order valence-corrected chi connectivity index (χ0v) is 9.57. The van der Waals surface area contributed by atoms with E-state index in [0.717, 1.165) is 17.0 Å². The molecule has 0 bridgehead atoms. The number of aromatic amines is 1. The van der Waals surface area contributed by atoms with Crippen molar-refractivity contribution >= 4 is 0 Å². The van der Waals surface area contributed by atoms with E-state index in [1.54, 1.807) is 13.2 Å². The van der Waals surface area contributed by atoms with Crippen molar-refractivity contribution in [1.29, 1.82) is 0 Å². The van der Waals surface area contributed by atoms with E-state index in [2.05, 4.69) is 4.98 Å². The fourth-order valence-corrected chi connectivity index (χ4v) is 1.60. The molecule has 2 aromatic rings. The second kappa shape index (κ2) is 4.84. The van der Waals surface area contributed by atoms with Gasteiger partial charge >= 0.3 is 0 Å². The first-order chi connectivity index (χ1) is 8.24. The van der Waals surface area contributed by atoms with Crippen LogP contribution in [0, 0.1) is 0 Å². The third-order valence-corrected chi connectivity index (χ3v) is 2.61. The van der Waals surface area contributed by atoms with E-state index in [0.29, 0.717) is 5.56 Å². The van der Waals surface area contributed by atoms with Gasteiger partial charge in [-0.15, -0.1) is 0 Å². The van der Waals surface area contributed by atoms with Crippen LogP contribution in [0.2, 0.25) is 0 Å². The molecule has 2 rings (SSSR count). The molecule has 0 saturated heterocycles. The van der Waals surface area contributed by atoms with Crippen molar-refractivity contribution in [2.24, 2.45) is 5.73 Å². The Morgan fingerprint density at radius 2 is 1.88 bits per heavy atom. The maximum absolute atomic E-state index is 11.6. The van der Waals surface area contributed by atoms with Crippen LogP contribution in [0.15, 0.2) is 41.2 Å². The maximum atomic E-state index is 11.6. The van der Waals surface area contributed by atoms with Crippen LogP contribution in [0.5, 0.6) is 5.75 Å². The molecule has 88 valence electrons. The van der Waals surface area contributed by atoms with Crippen LogP contribution in [0.4, 0.5) is 0 Å². The van der Waals surface area contributed by atoms with Crippen molar-refractivity contribution in [2.75, 3.05) is 7.11 Å². The number of benzene rings is 1. The second-order valence-corrected chi connectivity index (χ2v) is 3.66. The molecule has 1 aromatic carbocycles. The quantitative estimate of drug-likeness (QED) is 0.839. The van der Waals surface area contributed by atoms with E-state index < -0.39 is 0 Å². The molecule has 0 radical (unpaired) electrons. The van der Waals surface area contributed by atoms with Gasteiger partial charge in [0.2, 0.25) is 0 Å². The highest BCUT2D eigenvalue weighted by atomic mass is 16.5. The third kappa shape index (κ3) is 2.37. The van der Waals surface area contributed by atoms with Gasteiger partial charge in [0.05, 0.1) is 7.11 Å². The standard InChI is InChI=1S/C13H14N2O2/c1-17-11-5-2-9(3-6-11)12-7-4-10(8-14)13(16)15-12/h2-7H,8,14H2,1H3,(H,15,16).